The lowest BCUT2D eigenvalue weighted by Crippen LogP contribution is -2.18. The highest BCUT2D eigenvalue weighted by molar-refractivity contribution is 6.07. The lowest BCUT2D eigenvalue weighted by Gasteiger charge is -2.04. The van der Waals surface area contributed by atoms with E-state index in [1.807, 2.05) is 0 Å². The van der Waals surface area contributed by atoms with Gasteiger partial charge in [0.25, 0.3) is 0 Å². The molecule has 1 amide bonds. The molecule has 1 rings (SSSR count). The Labute approximate surface area is 105 Å². The van der Waals surface area contributed by atoms with E-state index in [4.69, 9.17) is 11.1 Å². The van der Waals surface area contributed by atoms with E-state index < -0.39 is 0 Å². The average molecular weight is 248 g/mol. The predicted molar refractivity (Wildman–Crippen MR) is 70.2 cm³/mol. The molecule has 0 fully saturated rings. The Bertz CT molecular complexity index is 457. The van der Waals surface area contributed by atoms with Crippen LogP contribution in [0.1, 0.15) is 12.1 Å². The monoisotopic (exact) mass is 248 g/mol. The third kappa shape index (κ3) is 4.20. The van der Waals surface area contributed by atoms with Gasteiger partial charge in [-0.2, -0.15) is 0 Å². The van der Waals surface area contributed by atoms with E-state index in [2.05, 4.69) is 20.6 Å². The number of allylic oxidation sites excluding steroid dienone is 1. The standard InChI is InChI=1S/C11H16N6O/c1-14-11-4-9(16-7-17-11)8(5-12)6-15-3-2-10(13)18/h4-7,12,15H,2-3H2,1H3,(H2,13,18)(H,14,16,17)/b8-6+,12-5?. The van der Waals surface area contributed by atoms with Crippen molar-refractivity contribution in [2.24, 2.45) is 5.73 Å². The van der Waals surface area contributed by atoms with Gasteiger partial charge in [0.05, 0.1) is 5.69 Å². The zero-order valence-electron chi connectivity index (χ0n) is 10.1. The van der Waals surface area contributed by atoms with E-state index in [9.17, 15) is 4.79 Å². The maximum Gasteiger partial charge on any atom is 0.219 e. The zero-order valence-corrected chi connectivity index (χ0v) is 10.1. The molecule has 1 aromatic heterocycles. The Hall–Kier alpha value is -2.44. The third-order valence-corrected chi connectivity index (χ3v) is 2.15. The van der Waals surface area contributed by atoms with Crippen molar-refractivity contribution >= 4 is 23.5 Å². The number of nitrogens with one attached hydrogen (secondary N) is 3. The summed E-state index contributed by atoms with van der Waals surface area (Å²) in [5.74, 6) is 0.302. The number of hydrogen-bond donors (Lipinski definition) is 4. The molecule has 0 saturated carbocycles. The summed E-state index contributed by atoms with van der Waals surface area (Å²) >= 11 is 0. The molecule has 0 radical (unpaired) electrons. The molecule has 0 bridgehead atoms. The summed E-state index contributed by atoms with van der Waals surface area (Å²) in [7, 11) is 1.75. The normalized spacial score (nSPS) is 10.8. The fraction of sp³-hybridized carbons (Fsp3) is 0.273. The van der Waals surface area contributed by atoms with E-state index in [1.165, 1.54) is 12.5 Å². The van der Waals surface area contributed by atoms with Crippen molar-refractivity contribution in [3.05, 3.63) is 24.3 Å². The van der Waals surface area contributed by atoms with Gasteiger partial charge in [0.15, 0.2) is 0 Å². The molecule has 0 aliphatic heterocycles. The highest BCUT2D eigenvalue weighted by Gasteiger charge is 2.02. The zero-order chi connectivity index (χ0) is 13.4. The third-order valence-electron chi connectivity index (χ3n) is 2.15. The van der Waals surface area contributed by atoms with Crippen molar-refractivity contribution in [1.82, 2.24) is 15.3 Å². The summed E-state index contributed by atoms with van der Waals surface area (Å²) in [5, 5.41) is 13.1. The molecular weight excluding hydrogens is 232 g/mol. The number of primary amides is 1. The minimum Gasteiger partial charge on any atom is -0.390 e. The van der Waals surface area contributed by atoms with Gasteiger partial charge in [-0.1, -0.05) is 0 Å². The number of nitrogens with two attached hydrogens (primary N) is 1. The Morgan fingerprint density at radius 1 is 1.56 bits per heavy atom. The largest absolute Gasteiger partial charge is 0.390 e. The van der Waals surface area contributed by atoms with Gasteiger partial charge >= 0.3 is 0 Å². The minimum atomic E-state index is -0.369. The Morgan fingerprint density at radius 3 is 2.94 bits per heavy atom. The highest BCUT2D eigenvalue weighted by atomic mass is 16.1. The Morgan fingerprint density at radius 2 is 2.33 bits per heavy atom. The van der Waals surface area contributed by atoms with Crippen LogP contribution in [0.3, 0.4) is 0 Å². The van der Waals surface area contributed by atoms with Gasteiger partial charge in [0, 0.05) is 44.1 Å². The maximum absolute atomic E-state index is 10.6. The van der Waals surface area contributed by atoms with Crippen LogP contribution in [-0.2, 0) is 4.79 Å². The van der Waals surface area contributed by atoms with Crippen LogP contribution in [0.4, 0.5) is 5.82 Å². The molecule has 7 nitrogen and oxygen atoms in total. The van der Waals surface area contributed by atoms with Gasteiger partial charge in [-0.25, -0.2) is 9.97 Å². The van der Waals surface area contributed by atoms with E-state index in [-0.39, 0.29) is 12.3 Å². The number of rotatable bonds is 7. The van der Waals surface area contributed by atoms with Gasteiger partial charge in [0.1, 0.15) is 12.1 Å². The molecule has 96 valence electrons. The van der Waals surface area contributed by atoms with Crippen LogP contribution in [0.5, 0.6) is 0 Å². The second-order valence-electron chi connectivity index (χ2n) is 3.45. The summed E-state index contributed by atoms with van der Waals surface area (Å²) in [4.78, 5) is 18.6. The number of amides is 1. The van der Waals surface area contributed by atoms with Gasteiger partial charge in [-0.3, -0.25) is 4.79 Å². The summed E-state index contributed by atoms with van der Waals surface area (Å²) in [6.07, 6.45) is 4.46. The van der Waals surface area contributed by atoms with Crippen LogP contribution in [0, 0.1) is 5.41 Å². The van der Waals surface area contributed by atoms with Crippen molar-refractivity contribution in [3.8, 4) is 0 Å². The van der Waals surface area contributed by atoms with Crippen molar-refractivity contribution in [2.75, 3.05) is 18.9 Å². The highest BCUT2D eigenvalue weighted by Crippen LogP contribution is 2.11. The number of nitrogens with zero attached hydrogens (tertiary/aromatic N) is 2. The maximum atomic E-state index is 10.6. The second-order valence-corrected chi connectivity index (χ2v) is 3.45. The van der Waals surface area contributed by atoms with Crippen molar-refractivity contribution in [3.63, 3.8) is 0 Å². The number of hydrogen-bond acceptors (Lipinski definition) is 6. The lowest BCUT2D eigenvalue weighted by molar-refractivity contribution is -0.117. The molecule has 18 heavy (non-hydrogen) atoms. The number of carbonyl (C=O) groups excluding carboxylic acids is 1. The van der Waals surface area contributed by atoms with E-state index in [1.54, 1.807) is 19.3 Å². The molecule has 5 N–H and O–H groups in total. The molecule has 7 heteroatoms. The SMILES string of the molecule is CNc1cc(/C(C=N)=C/NCCC(N)=O)ncn1. The second kappa shape index (κ2) is 7.00. The van der Waals surface area contributed by atoms with Gasteiger partial charge < -0.3 is 21.8 Å². The van der Waals surface area contributed by atoms with Crippen molar-refractivity contribution < 1.29 is 4.79 Å². The minimum absolute atomic E-state index is 0.243. The molecule has 0 aliphatic carbocycles. The summed E-state index contributed by atoms with van der Waals surface area (Å²) < 4.78 is 0. The van der Waals surface area contributed by atoms with Gasteiger partial charge in [-0.15, -0.1) is 0 Å². The summed E-state index contributed by atoms with van der Waals surface area (Å²) in [6, 6.07) is 1.73. The lowest BCUT2D eigenvalue weighted by atomic mass is 10.2. The van der Waals surface area contributed by atoms with Gasteiger partial charge in [-0.05, 0) is 0 Å². The molecule has 1 heterocycles. The first-order valence-corrected chi connectivity index (χ1v) is 5.40. The summed E-state index contributed by atoms with van der Waals surface area (Å²) in [5.41, 5.74) is 6.23. The van der Waals surface area contributed by atoms with Gasteiger partial charge in [0.2, 0.25) is 5.91 Å². The first-order valence-electron chi connectivity index (χ1n) is 5.40. The van der Waals surface area contributed by atoms with Crippen LogP contribution >= 0.6 is 0 Å². The van der Waals surface area contributed by atoms with Crippen LogP contribution in [0.25, 0.3) is 5.57 Å². The number of carbonyl (C=O) groups is 1. The van der Waals surface area contributed by atoms with E-state index in [0.29, 0.717) is 23.6 Å². The molecule has 0 atom stereocenters. The molecular formula is C11H16N6O. The summed E-state index contributed by atoms with van der Waals surface area (Å²) in [6.45, 7) is 0.427. The molecule has 1 aromatic rings. The molecule has 0 unspecified atom stereocenters. The fourth-order valence-corrected chi connectivity index (χ4v) is 1.22. The Kier molecular flexibility index (Phi) is 5.30. The van der Waals surface area contributed by atoms with Crippen LogP contribution in [0.15, 0.2) is 18.6 Å². The number of anilines is 1. The molecule has 0 aliphatic rings. The molecule has 0 spiro atoms. The first kappa shape index (κ1) is 13.6. The smallest absolute Gasteiger partial charge is 0.219 e. The van der Waals surface area contributed by atoms with Crippen LogP contribution < -0.4 is 16.4 Å². The quantitative estimate of drug-likeness (QED) is 0.399. The van der Waals surface area contributed by atoms with Crippen molar-refractivity contribution in [2.45, 2.75) is 6.42 Å². The van der Waals surface area contributed by atoms with Crippen LogP contribution in [-0.4, -0.2) is 35.7 Å². The predicted octanol–water partition coefficient (Wildman–Crippen LogP) is -0.0262. The van der Waals surface area contributed by atoms with Crippen LogP contribution in [0.2, 0.25) is 0 Å². The fourth-order valence-electron chi connectivity index (χ4n) is 1.22. The van der Waals surface area contributed by atoms with Crippen molar-refractivity contribution in [1.29, 1.82) is 5.41 Å². The number of aromatic nitrogens is 2. The average Bonchev–Trinajstić information content (AvgIpc) is 2.38. The first-order chi connectivity index (χ1) is 8.67. The van der Waals surface area contributed by atoms with E-state index in [0.717, 1.165) is 0 Å². The molecule has 0 saturated heterocycles. The topological polar surface area (TPSA) is 117 Å². The van der Waals surface area contributed by atoms with E-state index >= 15 is 0 Å². The molecule has 0 aromatic carbocycles. The Balaban J connectivity index is 2.72.